The summed E-state index contributed by atoms with van der Waals surface area (Å²) in [4.78, 5) is 15.9. The van der Waals surface area contributed by atoms with E-state index in [0.717, 1.165) is 6.21 Å². The van der Waals surface area contributed by atoms with E-state index in [9.17, 15) is 4.79 Å². The number of hydrogen-bond donors (Lipinski definition) is 0. The molecule has 0 spiro atoms. The molecule has 70 valence electrons. The van der Waals surface area contributed by atoms with Crippen LogP contribution in [0.2, 0.25) is 0 Å². The normalized spacial score (nSPS) is 9.64. The fraction of sp³-hybridized carbons (Fsp3) is 0.0909. The number of hydrogen-bond acceptors (Lipinski definition) is 3. The summed E-state index contributed by atoms with van der Waals surface area (Å²) in [6, 6.07) is 8.81. The monoisotopic (exact) mass is 187 g/mol. The summed E-state index contributed by atoms with van der Waals surface area (Å²) in [5.41, 5.74) is 0.570. The van der Waals surface area contributed by atoms with Crippen molar-refractivity contribution in [3.8, 4) is 12.3 Å². The fourth-order valence-corrected chi connectivity index (χ4v) is 0.837. The molecule has 1 aromatic carbocycles. The lowest BCUT2D eigenvalue weighted by atomic mass is 10.1. The molecule has 3 nitrogen and oxygen atoms in total. The van der Waals surface area contributed by atoms with Crippen molar-refractivity contribution in [2.45, 2.75) is 0 Å². The zero-order valence-corrected chi connectivity index (χ0v) is 7.51. The maximum atomic E-state index is 11.3. The summed E-state index contributed by atoms with van der Waals surface area (Å²) >= 11 is 0. The van der Waals surface area contributed by atoms with Crippen molar-refractivity contribution in [3.63, 3.8) is 0 Å². The molecular formula is C11H9NO2. The lowest BCUT2D eigenvalue weighted by Crippen LogP contribution is -2.00. The van der Waals surface area contributed by atoms with Gasteiger partial charge in [-0.05, 0) is 0 Å². The quantitative estimate of drug-likeness (QED) is 0.235. The molecule has 0 heterocycles. The van der Waals surface area contributed by atoms with E-state index in [-0.39, 0.29) is 12.4 Å². The third-order valence-electron chi connectivity index (χ3n) is 1.45. The molecule has 0 unspecified atom stereocenters. The SMILES string of the molecule is C#CCO/N=C\C(=O)c1ccccc1. The van der Waals surface area contributed by atoms with Gasteiger partial charge in [-0.15, -0.1) is 6.42 Å². The minimum atomic E-state index is -0.206. The largest absolute Gasteiger partial charge is 0.383 e. The molecule has 0 fully saturated rings. The van der Waals surface area contributed by atoms with Crippen LogP contribution in [-0.2, 0) is 4.84 Å². The molecule has 3 heteroatoms. The van der Waals surface area contributed by atoms with Crippen molar-refractivity contribution < 1.29 is 9.63 Å². The predicted octanol–water partition coefficient (Wildman–Crippen LogP) is 1.50. The van der Waals surface area contributed by atoms with Crippen LogP contribution >= 0.6 is 0 Å². The average molecular weight is 187 g/mol. The summed E-state index contributed by atoms with van der Waals surface area (Å²) < 4.78 is 0. The zero-order chi connectivity index (χ0) is 10.2. The van der Waals surface area contributed by atoms with Crippen LogP contribution in [0.3, 0.4) is 0 Å². The van der Waals surface area contributed by atoms with Gasteiger partial charge in [0.2, 0.25) is 5.78 Å². The third-order valence-corrected chi connectivity index (χ3v) is 1.45. The second-order valence-electron chi connectivity index (χ2n) is 2.44. The summed E-state index contributed by atoms with van der Waals surface area (Å²) in [6.07, 6.45) is 6.03. The van der Waals surface area contributed by atoms with Crippen molar-refractivity contribution in [1.29, 1.82) is 0 Å². The molecule has 0 saturated heterocycles. The molecule has 0 amide bonds. The van der Waals surface area contributed by atoms with E-state index >= 15 is 0 Å². The molecule has 0 radical (unpaired) electrons. The first-order chi connectivity index (χ1) is 6.84. The number of oxime groups is 1. The lowest BCUT2D eigenvalue weighted by molar-refractivity contribution is 0.106. The lowest BCUT2D eigenvalue weighted by Gasteiger charge is -1.93. The highest BCUT2D eigenvalue weighted by Crippen LogP contribution is 1.97. The third kappa shape index (κ3) is 3.11. The molecule has 0 N–H and O–H groups in total. The first-order valence-electron chi connectivity index (χ1n) is 4.03. The van der Waals surface area contributed by atoms with Gasteiger partial charge in [0.25, 0.3) is 0 Å². The van der Waals surface area contributed by atoms with Gasteiger partial charge in [-0.25, -0.2) is 0 Å². The van der Waals surface area contributed by atoms with Crippen molar-refractivity contribution in [2.24, 2.45) is 5.16 Å². The van der Waals surface area contributed by atoms with E-state index in [1.54, 1.807) is 24.3 Å². The van der Waals surface area contributed by atoms with E-state index < -0.39 is 0 Å². The zero-order valence-electron chi connectivity index (χ0n) is 7.51. The predicted molar refractivity (Wildman–Crippen MR) is 54.0 cm³/mol. The molecule has 0 aromatic heterocycles. The van der Waals surface area contributed by atoms with Gasteiger partial charge >= 0.3 is 0 Å². The highest BCUT2D eigenvalue weighted by molar-refractivity contribution is 6.35. The molecule has 0 saturated carbocycles. The molecule has 0 bridgehead atoms. The van der Waals surface area contributed by atoms with Crippen LogP contribution in [0.15, 0.2) is 35.5 Å². The Kier molecular flexibility index (Phi) is 3.96. The molecule has 0 aliphatic rings. The van der Waals surface area contributed by atoms with E-state index in [4.69, 9.17) is 6.42 Å². The Morgan fingerprint density at radius 3 is 2.86 bits per heavy atom. The fourth-order valence-electron chi connectivity index (χ4n) is 0.837. The minimum Gasteiger partial charge on any atom is -0.383 e. The smallest absolute Gasteiger partial charge is 0.207 e. The average Bonchev–Trinajstić information content (AvgIpc) is 2.25. The Balaban J connectivity index is 2.52. The molecule has 0 aliphatic heterocycles. The Morgan fingerprint density at radius 2 is 2.21 bits per heavy atom. The summed E-state index contributed by atoms with van der Waals surface area (Å²) in [5, 5.41) is 3.42. The Morgan fingerprint density at radius 1 is 1.50 bits per heavy atom. The number of nitrogens with zero attached hydrogens (tertiary/aromatic N) is 1. The van der Waals surface area contributed by atoms with Gasteiger partial charge in [0.1, 0.15) is 6.21 Å². The van der Waals surface area contributed by atoms with Gasteiger partial charge < -0.3 is 4.84 Å². The van der Waals surface area contributed by atoms with Crippen molar-refractivity contribution in [1.82, 2.24) is 0 Å². The van der Waals surface area contributed by atoms with E-state index in [2.05, 4.69) is 15.9 Å². The second-order valence-corrected chi connectivity index (χ2v) is 2.44. The number of rotatable bonds is 4. The molecule has 0 aliphatic carbocycles. The van der Waals surface area contributed by atoms with Crippen LogP contribution in [0.4, 0.5) is 0 Å². The number of carbonyl (C=O) groups is 1. The minimum absolute atomic E-state index is 0.0680. The first-order valence-corrected chi connectivity index (χ1v) is 4.03. The van der Waals surface area contributed by atoms with E-state index in [1.165, 1.54) is 0 Å². The van der Waals surface area contributed by atoms with Crippen LogP contribution in [0.25, 0.3) is 0 Å². The molecule has 1 rings (SSSR count). The molecule has 14 heavy (non-hydrogen) atoms. The topological polar surface area (TPSA) is 38.7 Å². The maximum absolute atomic E-state index is 11.3. The Bertz CT molecular complexity index is 363. The first kappa shape index (κ1) is 10.0. The van der Waals surface area contributed by atoms with Gasteiger partial charge in [0.15, 0.2) is 6.61 Å². The summed E-state index contributed by atoms with van der Waals surface area (Å²) in [5.74, 6) is 2.03. The summed E-state index contributed by atoms with van der Waals surface area (Å²) in [7, 11) is 0. The Labute approximate surface area is 82.4 Å². The van der Waals surface area contributed by atoms with Gasteiger partial charge in [0, 0.05) is 5.56 Å². The molecule has 1 aromatic rings. The number of Topliss-reactive ketones (excluding diaryl/α,β-unsaturated/α-hetero) is 1. The highest BCUT2D eigenvalue weighted by Gasteiger charge is 1.99. The van der Waals surface area contributed by atoms with Crippen LogP contribution < -0.4 is 0 Å². The van der Waals surface area contributed by atoms with Gasteiger partial charge in [0.05, 0.1) is 0 Å². The van der Waals surface area contributed by atoms with Gasteiger partial charge in [-0.1, -0.05) is 41.4 Å². The van der Waals surface area contributed by atoms with Gasteiger partial charge in [-0.2, -0.15) is 0 Å². The van der Waals surface area contributed by atoms with Gasteiger partial charge in [-0.3, -0.25) is 4.79 Å². The number of benzene rings is 1. The van der Waals surface area contributed by atoms with Crippen molar-refractivity contribution >= 4 is 12.0 Å². The molecular weight excluding hydrogens is 178 g/mol. The second kappa shape index (κ2) is 5.55. The standard InChI is InChI=1S/C11H9NO2/c1-2-8-14-12-9-11(13)10-6-4-3-5-7-10/h1,3-7,9H,8H2/b12-9-. The highest BCUT2D eigenvalue weighted by atomic mass is 16.6. The van der Waals surface area contributed by atoms with Crippen LogP contribution in [-0.4, -0.2) is 18.6 Å². The number of ketones is 1. The maximum Gasteiger partial charge on any atom is 0.207 e. The van der Waals surface area contributed by atoms with Crippen molar-refractivity contribution in [2.75, 3.05) is 6.61 Å². The van der Waals surface area contributed by atoms with Crippen LogP contribution in [0, 0.1) is 12.3 Å². The number of carbonyl (C=O) groups excluding carboxylic acids is 1. The molecule has 0 atom stereocenters. The Hall–Kier alpha value is -2.08. The van der Waals surface area contributed by atoms with Crippen LogP contribution in [0.1, 0.15) is 10.4 Å². The van der Waals surface area contributed by atoms with E-state index in [0.29, 0.717) is 5.56 Å². The van der Waals surface area contributed by atoms with Crippen LogP contribution in [0.5, 0.6) is 0 Å². The van der Waals surface area contributed by atoms with E-state index in [1.807, 2.05) is 6.07 Å². The number of terminal acetylenes is 1. The van der Waals surface area contributed by atoms with Crippen molar-refractivity contribution in [3.05, 3.63) is 35.9 Å². The summed E-state index contributed by atoms with van der Waals surface area (Å²) in [6.45, 7) is 0.0680.